The zero-order chi connectivity index (χ0) is 8.39. The second-order valence-corrected chi connectivity index (χ2v) is 3.96. The van der Waals surface area contributed by atoms with E-state index in [1.807, 2.05) is 10.8 Å². The minimum atomic E-state index is 0.00996. The lowest BCUT2D eigenvalue weighted by Crippen LogP contribution is -1.80. The van der Waals surface area contributed by atoms with E-state index < -0.39 is 0 Å². The van der Waals surface area contributed by atoms with Crippen molar-refractivity contribution >= 4 is 22.7 Å². The molecule has 0 atom stereocenters. The van der Waals surface area contributed by atoms with Crippen molar-refractivity contribution in [1.29, 1.82) is 0 Å². The van der Waals surface area contributed by atoms with Crippen LogP contribution in [0.2, 0.25) is 0 Å². The summed E-state index contributed by atoms with van der Waals surface area (Å²) < 4.78 is 0. The summed E-state index contributed by atoms with van der Waals surface area (Å²) in [6.07, 6.45) is 1.75. The maximum Gasteiger partial charge on any atom is 0.142 e. The fourth-order valence-electron chi connectivity index (χ4n) is 0.832. The van der Waals surface area contributed by atoms with Gasteiger partial charge in [0.1, 0.15) is 15.7 Å². The molecule has 12 heavy (non-hydrogen) atoms. The monoisotopic (exact) mass is 198 g/mol. The highest BCUT2D eigenvalue weighted by molar-refractivity contribution is 7.14. The third-order valence-corrected chi connectivity index (χ3v) is 2.97. The van der Waals surface area contributed by atoms with Gasteiger partial charge in [-0.1, -0.05) is 0 Å². The summed E-state index contributed by atoms with van der Waals surface area (Å²) in [6.45, 7) is 0.00996. The Labute approximate surface area is 77.4 Å². The van der Waals surface area contributed by atoms with Crippen LogP contribution in [0.15, 0.2) is 17.0 Å². The van der Waals surface area contributed by atoms with Crippen LogP contribution in [-0.4, -0.2) is 15.1 Å². The summed E-state index contributed by atoms with van der Waals surface area (Å²) in [5.41, 5.74) is 0.860. The summed E-state index contributed by atoms with van der Waals surface area (Å²) in [5.74, 6) is 0. The van der Waals surface area contributed by atoms with Crippen molar-refractivity contribution in [3.05, 3.63) is 22.0 Å². The average Bonchev–Trinajstić information content (AvgIpc) is 2.75. The summed E-state index contributed by atoms with van der Waals surface area (Å²) in [7, 11) is 0. The molecule has 0 aliphatic heterocycles. The topological polar surface area (TPSA) is 46.0 Å². The Balaban J connectivity index is 2.35. The van der Waals surface area contributed by atoms with Gasteiger partial charge in [-0.15, -0.1) is 22.7 Å². The van der Waals surface area contributed by atoms with E-state index in [0.717, 1.165) is 15.7 Å². The molecular weight excluding hydrogens is 192 g/mol. The molecule has 0 bridgehead atoms. The molecule has 0 aliphatic rings. The molecule has 5 heteroatoms. The van der Waals surface area contributed by atoms with Gasteiger partial charge in [-0.25, -0.2) is 9.97 Å². The van der Waals surface area contributed by atoms with Crippen LogP contribution in [0.25, 0.3) is 10.7 Å². The zero-order valence-corrected chi connectivity index (χ0v) is 7.73. The van der Waals surface area contributed by atoms with Crippen LogP contribution >= 0.6 is 22.7 Å². The third-order valence-electron chi connectivity index (χ3n) is 1.34. The number of hydrogen-bond acceptors (Lipinski definition) is 5. The maximum atomic E-state index is 8.78. The molecule has 0 spiro atoms. The first kappa shape index (κ1) is 7.85. The highest BCUT2D eigenvalue weighted by atomic mass is 32.1. The first-order chi connectivity index (χ1) is 5.90. The average molecular weight is 198 g/mol. The van der Waals surface area contributed by atoms with Crippen molar-refractivity contribution in [2.75, 3.05) is 0 Å². The molecule has 0 aliphatic carbocycles. The summed E-state index contributed by atoms with van der Waals surface area (Å²) >= 11 is 3.00. The van der Waals surface area contributed by atoms with Crippen molar-refractivity contribution in [3.63, 3.8) is 0 Å². The maximum absolute atomic E-state index is 8.78. The van der Waals surface area contributed by atoms with Crippen LogP contribution in [0.5, 0.6) is 0 Å². The molecular formula is C7H6N2OS2. The Kier molecular flexibility index (Phi) is 2.16. The van der Waals surface area contributed by atoms with E-state index in [1.54, 1.807) is 17.5 Å². The summed E-state index contributed by atoms with van der Waals surface area (Å²) in [4.78, 5) is 8.30. The number of aliphatic hydroxyl groups excluding tert-OH is 1. The van der Waals surface area contributed by atoms with Crippen molar-refractivity contribution < 1.29 is 5.11 Å². The van der Waals surface area contributed by atoms with Crippen molar-refractivity contribution in [3.8, 4) is 10.7 Å². The highest BCUT2D eigenvalue weighted by Gasteiger charge is 2.04. The van der Waals surface area contributed by atoms with Crippen molar-refractivity contribution in [2.24, 2.45) is 0 Å². The molecule has 0 radical (unpaired) electrons. The molecule has 2 aromatic heterocycles. The van der Waals surface area contributed by atoms with Crippen LogP contribution in [0.3, 0.4) is 0 Å². The molecule has 0 aromatic carbocycles. The Hall–Kier alpha value is -0.780. The summed E-state index contributed by atoms with van der Waals surface area (Å²) in [6, 6.07) is 0. The first-order valence-corrected chi connectivity index (χ1v) is 5.11. The standard InChI is InChI=1S/C7H6N2OS2/c10-3-6-9-5(4-12-6)7-8-1-2-11-7/h1-2,4,10H,3H2. The Morgan fingerprint density at radius 2 is 2.33 bits per heavy atom. The molecule has 0 saturated heterocycles. The third kappa shape index (κ3) is 1.38. The minimum absolute atomic E-state index is 0.00996. The number of nitrogens with zero attached hydrogens (tertiary/aromatic N) is 2. The molecule has 2 heterocycles. The molecule has 0 saturated carbocycles. The lowest BCUT2D eigenvalue weighted by Gasteiger charge is -1.85. The molecule has 62 valence electrons. The SMILES string of the molecule is OCc1nc(-c2nccs2)cs1. The molecule has 3 nitrogen and oxygen atoms in total. The minimum Gasteiger partial charge on any atom is -0.389 e. The normalized spacial score (nSPS) is 10.4. The van der Waals surface area contributed by atoms with Gasteiger partial charge in [0.25, 0.3) is 0 Å². The van der Waals surface area contributed by atoms with E-state index in [4.69, 9.17) is 5.11 Å². The number of thiazole rings is 2. The van der Waals surface area contributed by atoms with Gasteiger partial charge in [-0.2, -0.15) is 0 Å². The lowest BCUT2D eigenvalue weighted by molar-refractivity contribution is 0.281. The van der Waals surface area contributed by atoms with Gasteiger partial charge in [0, 0.05) is 17.0 Å². The summed E-state index contributed by atoms with van der Waals surface area (Å²) in [5, 5.41) is 14.2. The van der Waals surface area contributed by atoms with E-state index in [2.05, 4.69) is 9.97 Å². The van der Waals surface area contributed by atoms with E-state index in [9.17, 15) is 0 Å². The van der Waals surface area contributed by atoms with Crippen molar-refractivity contribution in [2.45, 2.75) is 6.61 Å². The van der Waals surface area contributed by atoms with E-state index in [0.29, 0.717) is 0 Å². The molecule has 0 amide bonds. The Morgan fingerprint density at radius 3 is 2.92 bits per heavy atom. The van der Waals surface area contributed by atoms with E-state index in [-0.39, 0.29) is 6.61 Å². The number of rotatable bonds is 2. The van der Waals surface area contributed by atoms with Gasteiger partial charge < -0.3 is 5.11 Å². The molecule has 0 unspecified atom stereocenters. The van der Waals surface area contributed by atoms with Crippen LogP contribution in [0.1, 0.15) is 5.01 Å². The highest BCUT2D eigenvalue weighted by Crippen LogP contribution is 2.23. The molecule has 0 fully saturated rings. The largest absolute Gasteiger partial charge is 0.389 e. The van der Waals surface area contributed by atoms with Crippen molar-refractivity contribution in [1.82, 2.24) is 9.97 Å². The Bertz CT molecular complexity index is 355. The van der Waals surface area contributed by atoms with Gasteiger partial charge in [0.2, 0.25) is 0 Å². The predicted molar refractivity (Wildman–Crippen MR) is 49.1 cm³/mol. The van der Waals surface area contributed by atoms with E-state index in [1.165, 1.54) is 11.3 Å². The molecule has 2 rings (SSSR count). The van der Waals surface area contributed by atoms with Crippen LogP contribution in [0.4, 0.5) is 0 Å². The fourth-order valence-corrected chi connectivity index (χ4v) is 2.14. The van der Waals surface area contributed by atoms with Gasteiger partial charge in [-0.3, -0.25) is 0 Å². The lowest BCUT2D eigenvalue weighted by atomic mass is 10.5. The van der Waals surface area contributed by atoms with Gasteiger partial charge in [0.15, 0.2) is 0 Å². The predicted octanol–water partition coefficient (Wildman–Crippen LogP) is 1.76. The van der Waals surface area contributed by atoms with Gasteiger partial charge >= 0.3 is 0 Å². The van der Waals surface area contributed by atoms with E-state index >= 15 is 0 Å². The first-order valence-electron chi connectivity index (χ1n) is 3.35. The molecule has 2 aromatic rings. The smallest absolute Gasteiger partial charge is 0.142 e. The Morgan fingerprint density at radius 1 is 1.42 bits per heavy atom. The number of aromatic nitrogens is 2. The number of hydrogen-bond donors (Lipinski definition) is 1. The second-order valence-electron chi connectivity index (χ2n) is 2.12. The quantitative estimate of drug-likeness (QED) is 0.799. The number of aliphatic hydroxyl groups is 1. The second kappa shape index (κ2) is 3.30. The zero-order valence-electron chi connectivity index (χ0n) is 6.10. The van der Waals surface area contributed by atoms with Crippen LogP contribution in [-0.2, 0) is 6.61 Å². The van der Waals surface area contributed by atoms with Gasteiger partial charge in [-0.05, 0) is 0 Å². The van der Waals surface area contributed by atoms with Crippen LogP contribution in [0, 0.1) is 0 Å². The van der Waals surface area contributed by atoms with Crippen LogP contribution < -0.4 is 0 Å². The molecule has 1 N–H and O–H groups in total. The fraction of sp³-hybridized carbons (Fsp3) is 0.143. The van der Waals surface area contributed by atoms with Gasteiger partial charge in [0.05, 0.1) is 6.61 Å².